The van der Waals surface area contributed by atoms with E-state index in [2.05, 4.69) is 20.6 Å². The summed E-state index contributed by atoms with van der Waals surface area (Å²) in [7, 11) is 0. The minimum atomic E-state index is -0.223. The van der Waals surface area contributed by atoms with Gasteiger partial charge in [-0.3, -0.25) is 0 Å². The van der Waals surface area contributed by atoms with Gasteiger partial charge in [-0.2, -0.15) is 0 Å². The Hall–Kier alpha value is -2.57. The van der Waals surface area contributed by atoms with Crippen LogP contribution in [0.15, 0.2) is 37.1 Å². The second-order valence-electron chi connectivity index (χ2n) is 4.89. The molecule has 7 heteroatoms. The van der Waals surface area contributed by atoms with Gasteiger partial charge >= 0.3 is 6.03 Å². The van der Waals surface area contributed by atoms with E-state index in [1.165, 1.54) is 0 Å². The number of urea groups is 1. The van der Waals surface area contributed by atoms with Gasteiger partial charge in [0.15, 0.2) is 0 Å². The summed E-state index contributed by atoms with van der Waals surface area (Å²) in [5.41, 5.74) is 0.849. The van der Waals surface area contributed by atoms with E-state index in [9.17, 15) is 4.79 Å². The Labute approximate surface area is 129 Å². The SMILES string of the molecule is CCOc1ncccc1CNC(=O)N[C@@H](C)Cn1ccnc1. The van der Waals surface area contributed by atoms with Crippen molar-refractivity contribution in [1.82, 2.24) is 25.2 Å². The molecule has 7 nitrogen and oxygen atoms in total. The maximum Gasteiger partial charge on any atom is 0.315 e. The number of carbonyl (C=O) groups is 1. The van der Waals surface area contributed by atoms with Crippen LogP contribution in [0.2, 0.25) is 0 Å². The standard InChI is InChI=1S/C15H21N5O2/c1-3-22-14-13(5-4-6-17-14)9-18-15(21)19-12(2)10-20-8-7-16-11-20/h4-8,11-12H,3,9-10H2,1-2H3,(H2,18,19,21)/t12-/m0/s1. The number of ether oxygens (including phenoxy) is 1. The van der Waals surface area contributed by atoms with Crippen molar-refractivity contribution in [2.45, 2.75) is 33.0 Å². The summed E-state index contributed by atoms with van der Waals surface area (Å²) in [5, 5.41) is 5.69. The van der Waals surface area contributed by atoms with Crippen LogP contribution in [0.5, 0.6) is 5.88 Å². The lowest BCUT2D eigenvalue weighted by Crippen LogP contribution is -2.42. The average Bonchev–Trinajstić information content (AvgIpc) is 2.99. The summed E-state index contributed by atoms with van der Waals surface area (Å²) in [4.78, 5) is 20.0. The summed E-state index contributed by atoms with van der Waals surface area (Å²) in [6.45, 7) is 5.42. The number of amides is 2. The molecule has 0 fully saturated rings. The molecule has 0 radical (unpaired) electrons. The number of aromatic nitrogens is 3. The van der Waals surface area contributed by atoms with E-state index in [0.29, 0.717) is 25.6 Å². The van der Waals surface area contributed by atoms with Crippen LogP contribution in [0.25, 0.3) is 0 Å². The molecule has 0 saturated carbocycles. The van der Waals surface area contributed by atoms with Crippen LogP contribution in [0.1, 0.15) is 19.4 Å². The first-order valence-electron chi connectivity index (χ1n) is 7.25. The zero-order valence-electron chi connectivity index (χ0n) is 12.8. The Morgan fingerprint density at radius 2 is 2.32 bits per heavy atom. The van der Waals surface area contributed by atoms with Crippen molar-refractivity contribution in [3.8, 4) is 5.88 Å². The van der Waals surface area contributed by atoms with Gasteiger partial charge in [0.25, 0.3) is 0 Å². The van der Waals surface area contributed by atoms with E-state index in [1.54, 1.807) is 18.7 Å². The molecule has 0 aromatic carbocycles. The van der Waals surface area contributed by atoms with E-state index >= 15 is 0 Å². The Morgan fingerprint density at radius 1 is 1.45 bits per heavy atom. The largest absolute Gasteiger partial charge is 0.478 e. The lowest BCUT2D eigenvalue weighted by molar-refractivity contribution is 0.236. The first-order chi connectivity index (χ1) is 10.7. The zero-order valence-corrected chi connectivity index (χ0v) is 12.8. The predicted molar refractivity (Wildman–Crippen MR) is 82.5 cm³/mol. The molecule has 2 rings (SSSR count). The molecule has 118 valence electrons. The van der Waals surface area contributed by atoms with Gasteiger partial charge in [-0.25, -0.2) is 14.8 Å². The van der Waals surface area contributed by atoms with E-state index < -0.39 is 0 Å². The molecule has 2 heterocycles. The number of nitrogens with zero attached hydrogens (tertiary/aromatic N) is 3. The minimum Gasteiger partial charge on any atom is -0.478 e. The summed E-state index contributed by atoms with van der Waals surface area (Å²) < 4.78 is 7.34. The Morgan fingerprint density at radius 3 is 3.05 bits per heavy atom. The first-order valence-corrected chi connectivity index (χ1v) is 7.25. The Bertz CT molecular complexity index is 585. The van der Waals surface area contributed by atoms with Crippen molar-refractivity contribution in [3.63, 3.8) is 0 Å². The van der Waals surface area contributed by atoms with Crippen LogP contribution in [0.3, 0.4) is 0 Å². The van der Waals surface area contributed by atoms with Crippen molar-refractivity contribution >= 4 is 6.03 Å². The average molecular weight is 303 g/mol. The number of rotatable bonds is 7. The predicted octanol–water partition coefficient (Wildman–Crippen LogP) is 1.56. The number of carbonyl (C=O) groups excluding carboxylic acids is 1. The molecular formula is C15H21N5O2. The fourth-order valence-electron chi connectivity index (χ4n) is 2.03. The highest BCUT2D eigenvalue weighted by Crippen LogP contribution is 2.13. The zero-order chi connectivity index (χ0) is 15.8. The summed E-state index contributed by atoms with van der Waals surface area (Å²) in [6, 6.07) is 3.47. The molecule has 1 atom stereocenters. The van der Waals surface area contributed by atoms with Crippen molar-refractivity contribution in [1.29, 1.82) is 0 Å². The van der Waals surface area contributed by atoms with Crippen LogP contribution in [-0.2, 0) is 13.1 Å². The number of pyridine rings is 1. The van der Waals surface area contributed by atoms with E-state index in [0.717, 1.165) is 5.56 Å². The second-order valence-corrected chi connectivity index (χ2v) is 4.89. The maximum absolute atomic E-state index is 11.9. The van der Waals surface area contributed by atoms with Gasteiger partial charge in [0.2, 0.25) is 5.88 Å². The molecule has 2 N–H and O–H groups in total. The normalized spacial score (nSPS) is 11.7. The second kappa shape index (κ2) is 8.02. The number of nitrogens with one attached hydrogen (secondary N) is 2. The molecule has 2 amide bonds. The molecular weight excluding hydrogens is 282 g/mol. The monoisotopic (exact) mass is 303 g/mol. The van der Waals surface area contributed by atoms with Gasteiger partial charge in [0, 0.05) is 43.3 Å². The fourth-order valence-corrected chi connectivity index (χ4v) is 2.03. The van der Waals surface area contributed by atoms with Gasteiger partial charge in [0.05, 0.1) is 12.9 Å². The van der Waals surface area contributed by atoms with E-state index in [1.807, 2.05) is 36.7 Å². The van der Waals surface area contributed by atoms with Gasteiger partial charge in [-0.05, 0) is 19.9 Å². The van der Waals surface area contributed by atoms with Gasteiger partial charge in [-0.1, -0.05) is 6.07 Å². The highest BCUT2D eigenvalue weighted by molar-refractivity contribution is 5.74. The summed E-state index contributed by atoms with van der Waals surface area (Å²) in [6.07, 6.45) is 6.96. The van der Waals surface area contributed by atoms with E-state index in [4.69, 9.17) is 4.74 Å². The van der Waals surface area contributed by atoms with Crippen LogP contribution in [0, 0.1) is 0 Å². The van der Waals surface area contributed by atoms with Gasteiger partial charge in [-0.15, -0.1) is 0 Å². The molecule has 0 aliphatic heterocycles. The lowest BCUT2D eigenvalue weighted by Gasteiger charge is -2.15. The summed E-state index contributed by atoms with van der Waals surface area (Å²) >= 11 is 0. The number of hydrogen-bond donors (Lipinski definition) is 2. The quantitative estimate of drug-likeness (QED) is 0.813. The number of imidazole rings is 1. The molecule has 0 bridgehead atoms. The van der Waals surface area contributed by atoms with Crippen LogP contribution >= 0.6 is 0 Å². The van der Waals surface area contributed by atoms with Crippen molar-refractivity contribution in [2.75, 3.05) is 6.61 Å². The number of hydrogen-bond acceptors (Lipinski definition) is 4. The molecule has 0 saturated heterocycles. The van der Waals surface area contributed by atoms with Crippen LogP contribution in [0.4, 0.5) is 4.79 Å². The lowest BCUT2D eigenvalue weighted by atomic mass is 10.2. The van der Waals surface area contributed by atoms with Crippen molar-refractivity contribution in [2.24, 2.45) is 0 Å². The highest BCUT2D eigenvalue weighted by atomic mass is 16.5. The fraction of sp³-hybridized carbons (Fsp3) is 0.400. The minimum absolute atomic E-state index is 0.00513. The molecule has 0 unspecified atom stereocenters. The first kappa shape index (κ1) is 15.8. The van der Waals surface area contributed by atoms with Crippen LogP contribution < -0.4 is 15.4 Å². The molecule has 2 aromatic heterocycles. The van der Waals surface area contributed by atoms with E-state index in [-0.39, 0.29) is 12.1 Å². The maximum atomic E-state index is 11.9. The highest BCUT2D eigenvalue weighted by Gasteiger charge is 2.09. The van der Waals surface area contributed by atoms with Crippen molar-refractivity contribution < 1.29 is 9.53 Å². The van der Waals surface area contributed by atoms with Crippen LogP contribution in [-0.4, -0.2) is 33.2 Å². The molecule has 0 aliphatic carbocycles. The summed E-state index contributed by atoms with van der Waals surface area (Å²) in [5.74, 6) is 0.553. The van der Waals surface area contributed by atoms with Crippen molar-refractivity contribution in [3.05, 3.63) is 42.6 Å². The van der Waals surface area contributed by atoms with Gasteiger partial charge < -0.3 is 19.9 Å². The third kappa shape index (κ3) is 4.76. The molecule has 0 spiro atoms. The van der Waals surface area contributed by atoms with Gasteiger partial charge in [0.1, 0.15) is 0 Å². The molecule has 0 aliphatic rings. The smallest absolute Gasteiger partial charge is 0.315 e. The topological polar surface area (TPSA) is 81.1 Å². The Kier molecular flexibility index (Phi) is 5.76. The molecule has 2 aromatic rings. The molecule has 22 heavy (non-hydrogen) atoms. The third-order valence-corrected chi connectivity index (χ3v) is 2.99. The Balaban J connectivity index is 1.80. The third-order valence-electron chi connectivity index (χ3n) is 2.99.